The van der Waals surface area contributed by atoms with Crippen LogP contribution in [0.1, 0.15) is 41.1 Å². The molecular weight excluding hydrogens is 342 g/mol. The number of carbonyl (C=O) groups excluding carboxylic acids is 1. The molecule has 2 aromatic heterocycles. The molecule has 3 aromatic rings. The third-order valence-corrected chi connectivity index (χ3v) is 4.54. The minimum Gasteiger partial charge on any atom is -0.480 e. The van der Waals surface area contributed by atoms with Crippen molar-refractivity contribution in [3.63, 3.8) is 0 Å². The second-order valence-electron chi connectivity index (χ2n) is 6.24. The van der Waals surface area contributed by atoms with Gasteiger partial charge in [-0.15, -0.1) is 0 Å². The zero-order valence-electron chi connectivity index (χ0n) is 15.9. The zero-order valence-corrected chi connectivity index (χ0v) is 15.9. The monoisotopic (exact) mass is 365 g/mol. The van der Waals surface area contributed by atoms with Gasteiger partial charge in [0, 0.05) is 18.8 Å². The lowest BCUT2D eigenvalue weighted by Crippen LogP contribution is -2.29. The molecule has 0 fully saturated rings. The molecule has 1 atom stereocenters. The predicted octanol–water partition coefficient (Wildman–Crippen LogP) is 3.08. The summed E-state index contributed by atoms with van der Waals surface area (Å²) in [7, 11) is 3.44. The lowest BCUT2D eigenvalue weighted by molar-refractivity contribution is 0.0934. The van der Waals surface area contributed by atoms with Gasteiger partial charge < -0.3 is 10.1 Å². The van der Waals surface area contributed by atoms with Crippen LogP contribution in [0.5, 0.6) is 5.88 Å². The van der Waals surface area contributed by atoms with Gasteiger partial charge in [-0.05, 0) is 37.1 Å². The molecule has 3 rings (SSSR count). The fourth-order valence-electron chi connectivity index (χ4n) is 3.11. The molecule has 1 unspecified atom stereocenters. The lowest BCUT2D eigenvalue weighted by Gasteiger charge is -2.18. The summed E-state index contributed by atoms with van der Waals surface area (Å²) in [5.74, 6) is 0.347. The molecule has 0 saturated carbocycles. The van der Waals surface area contributed by atoms with Crippen molar-refractivity contribution in [1.82, 2.24) is 25.1 Å². The molecule has 0 aliphatic rings. The quantitative estimate of drug-likeness (QED) is 0.726. The number of methoxy groups -OCH3 is 1. The van der Waals surface area contributed by atoms with Gasteiger partial charge in [0.25, 0.3) is 5.91 Å². The molecule has 0 aliphatic heterocycles. The van der Waals surface area contributed by atoms with Crippen molar-refractivity contribution in [2.75, 3.05) is 7.11 Å². The number of ether oxygens (including phenoxy) is 1. The number of hydrogen-bond acceptors (Lipinski definition) is 5. The number of aromatic nitrogens is 4. The van der Waals surface area contributed by atoms with E-state index in [4.69, 9.17) is 4.74 Å². The molecule has 0 saturated heterocycles. The summed E-state index contributed by atoms with van der Waals surface area (Å²) in [6.45, 7) is 3.92. The van der Waals surface area contributed by atoms with Crippen molar-refractivity contribution in [3.05, 3.63) is 59.8 Å². The summed E-state index contributed by atoms with van der Waals surface area (Å²) < 4.78 is 7.14. The molecule has 0 aliphatic carbocycles. The van der Waals surface area contributed by atoms with Crippen molar-refractivity contribution in [2.45, 2.75) is 26.3 Å². The Morgan fingerprint density at radius 3 is 2.78 bits per heavy atom. The molecule has 0 radical (unpaired) electrons. The molecule has 1 N–H and O–H groups in total. The van der Waals surface area contributed by atoms with Crippen LogP contribution in [0, 0.1) is 6.92 Å². The van der Waals surface area contributed by atoms with E-state index >= 15 is 0 Å². The minimum atomic E-state index is -0.140. The highest BCUT2D eigenvalue weighted by atomic mass is 16.5. The molecule has 1 amide bonds. The van der Waals surface area contributed by atoms with E-state index in [-0.39, 0.29) is 11.9 Å². The van der Waals surface area contributed by atoms with Crippen LogP contribution in [-0.4, -0.2) is 32.8 Å². The molecule has 140 valence electrons. The SMILES string of the molecule is CCC(NC(=O)c1cccc(-c2c(C)ncnc2OC)c1)c1ccnn1C. The van der Waals surface area contributed by atoms with Gasteiger partial charge in [0.05, 0.1) is 30.1 Å². The maximum atomic E-state index is 12.8. The Hall–Kier alpha value is -3.22. The summed E-state index contributed by atoms with van der Waals surface area (Å²) >= 11 is 0. The van der Waals surface area contributed by atoms with Gasteiger partial charge >= 0.3 is 0 Å². The van der Waals surface area contributed by atoms with Gasteiger partial charge in [-0.25, -0.2) is 9.97 Å². The Morgan fingerprint density at radius 1 is 1.30 bits per heavy atom. The highest BCUT2D eigenvalue weighted by Gasteiger charge is 2.18. The zero-order chi connectivity index (χ0) is 19.4. The van der Waals surface area contributed by atoms with Crippen LogP contribution in [0.2, 0.25) is 0 Å². The molecular formula is C20H23N5O2. The van der Waals surface area contributed by atoms with E-state index in [9.17, 15) is 4.79 Å². The highest BCUT2D eigenvalue weighted by Crippen LogP contribution is 2.30. The van der Waals surface area contributed by atoms with Crippen LogP contribution in [0.25, 0.3) is 11.1 Å². The Kier molecular flexibility index (Phi) is 5.49. The number of carbonyl (C=O) groups is 1. The summed E-state index contributed by atoms with van der Waals surface area (Å²) in [4.78, 5) is 21.3. The molecule has 7 heteroatoms. The van der Waals surface area contributed by atoms with Crippen molar-refractivity contribution >= 4 is 5.91 Å². The van der Waals surface area contributed by atoms with E-state index in [2.05, 4.69) is 20.4 Å². The van der Waals surface area contributed by atoms with E-state index in [1.54, 1.807) is 24.1 Å². The Bertz CT molecular complexity index is 951. The number of nitrogens with zero attached hydrogens (tertiary/aromatic N) is 4. The van der Waals surface area contributed by atoms with Gasteiger partial charge in [-0.2, -0.15) is 5.10 Å². The highest BCUT2D eigenvalue weighted by molar-refractivity contribution is 5.96. The van der Waals surface area contributed by atoms with Gasteiger partial charge in [-0.1, -0.05) is 19.1 Å². The molecule has 1 aromatic carbocycles. The van der Waals surface area contributed by atoms with Crippen molar-refractivity contribution in [3.8, 4) is 17.0 Å². The third-order valence-electron chi connectivity index (χ3n) is 4.54. The first-order valence-corrected chi connectivity index (χ1v) is 8.80. The van der Waals surface area contributed by atoms with Gasteiger partial charge in [0.2, 0.25) is 5.88 Å². The first-order valence-electron chi connectivity index (χ1n) is 8.80. The van der Waals surface area contributed by atoms with Crippen LogP contribution < -0.4 is 10.1 Å². The average Bonchev–Trinajstić information content (AvgIpc) is 3.11. The smallest absolute Gasteiger partial charge is 0.251 e. The number of rotatable bonds is 6. The number of aryl methyl sites for hydroxylation is 2. The average molecular weight is 365 g/mol. The standard InChI is InChI=1S/C20H23N5O2/c1-5-16(17-9-10-23-25(17)3)24-19(26)15-8-6-7-14(11-15)18-13(2)21-12-22-20(18)27-4/h6-12,16H,5H2,1-4H3,(H,24,26). The maximum absolute atomic E-state index is 12.8. The van der Waals surface area contributed by atoms with Gasteiger partial charge in [-0.3, -0.25) is 9.48 Å². The summed E-state index contributed by atoms with van der Waals surface area (Å²) in [6, 6.07) is 9.20. The van der Waals surface area contributed by atoms with E-state index in [1.807, 2.05) is 45.2 Å². The molecule has 2 heterocycles. The van der Waals surface area contributed by atoms with Gasteiger partial charge in [0.15, 0.2) is 0 Å². The second kappa shape index (κ2) is 7.99. The Morgan fingerprint density at radius 2 is 2.11 bits per heavy atom. The van der Waals surface area contributed by atoms with Crippen LogP contribution >= 0.6 is 0 Å². The first kappa shape index (κ1) is 18.6. The topological polar surface area (TPSA) is 81.9 Å². The van der Waals surface area contributed by atoms with Crippen LogP contribution in [0.4, 0.5) is 0 Å². The van der Waals surface area contributed by atoms with Gasteiger partial charge in [0.1, 0.15) is 6.33 Å². The predicted molar refractivity (Wildman–Crippen MR) is 102 cm³/mol. The molecule has 0 spiro atoms. The van der Waals surface area contributed by atoms with E-state index in [1.165, 1.54) is 6.33 Å². The Labute approximate surface area is 158 Å². The number of nitrogens with one attached hydrogen (secondary N) is 1. The molecule has 7 nitrogen and oxygen atoms in total. The van der Waals surface area contributed by atoms with Crippen molar-refractivity contribution in [2.24, 2.45) is 7.05 Å². The van der Waals surface area contributed by atoms with Crippen molar-refractivity contribution < 1.29 is 9.53 Å². The summed E-state index contributed by atoms with van der Waals surface area (Å²) in [5.41, 5.74) is 3.95. The van der Waals surface area contributed by atoms with Crippen LogP contribution in [-0.2, 0) is 7.05 Å². The molecule has 27 heavy (non-hydrogen) atoms. The lowest BCUT2D eigenvalue weighted by atomic mass is 10.0. The fourth-order valence-corrected chi connectivity index (χ4v) is 3.11. The maximum Gasteiger partial charge on any atom is 0.251 e. The summed E-state index contributed by atoms with van der Waals surface area (Å²) in [5, 5.41) is 7.27. The number of hydrogen-bond donors (Lipinski definition) is 1. The number of amides is 1. The number of benzene rings is 1. The van der Waals surface area contributed by atoms with E-state index < -0.39 is 0 Å². The minimum absolute atomic E-state index is 0.106. The normalized spacial score (nSPS) is 11.9. The largest absolute Gasteiger partial charge is 0.480 e. The molecule has 0 bridgehead atoms. The Balaban J connectivity index is 1.90. The van der Waals surface area contributed by atoms with E-state index in [0.717, 1.165) is 28.9 Å². The second-order valence-corrected chi connectivity index (χ2v) is 6.24. The fraction of sp³-hybridized carbons (Fsp3) is 0.300. The van der Waals surface area contributed by atoms with Crippen LogP contribution in [0.3, 0.4) is 0 Å². The van der Waals surface area contributed by atoms with E-state index in [0.29, 0.717) is 11.4 Å². The summed E-state index contributed by atoms with van der Waals surface area (Å²) in [6.07, 6.45) is 3.97. The van der Waals surface area contributed by atoms with Crippen molar-refractivity contribution in [1.29, 1.82) is 0 Å². The van der Waals surface area contributed by atoms with Crippen LogP contribution in [0.15, 0.2) is 42.9 Å². The first-order chi connectivity index (χ1) is 13.0. The third kappa shape index (κ3) is 3.81.